The molecule has 1 aliphatic rings. The molecule has 0 amide bonds. The van der Waals surface area contributed by atoms with Gasteiger partial charge < -0.3 is 9.47 Å². The molecule has 0 N–H and O–H groups in total. The SMILES string of the molecule is CCN(CC)OCC1COC(=O)O1.FSF. The van der Waals surface area contributed by atoms with Crippen LogP contribution in [-0.4, -0.2) is 43.6 Å². The highest BCUT2D eigenvalue weighted by molar-refractivity contribution is 7.89. The first-order valence-corrected chi connectivity index (χ1v) is 5.40. The van der Waals surface area contributed by atoms with E-state index in [1.54, 1.807) is 5.06 Å². The predicted molar refractivity (Wildman–Crippen MR) is 54.9 cm³/mol. The molecule has 0 aromatic heterocycles. The van der Waals surface area contributed by atoms with Gasteiger partial charge in [0, 0.05) is 13.1 Å². The number of cyclic esters (lactones) is 2. The smallest absolute Gasteiger partial charge is 0.430 e. The summed E-state index contributed by atoms with van der Waals surface area (Å²) in [6.45, 7) is 6.30. The highest BCUT2D eigenvalue weighted by atomic mass is 32.2. The summed E-state index contributed by atoms with van der Waals surface area (Å²) in [5, 5.41) is 1.80. The van der Waals surface area contributed by atoms with Crippen molar-refractivity contribution in [1.29, 1.82) is 0 Å². The predicted octanol–water partition coefficient (Wildman–Crippen LogP) is 2.28. The standard InChI is InChI=1S/C8H15NO4.F2S/c1-3-9(4-2)12-6-7-5-11-8(10)13-7;1-3-2/h7H,3-6H2,1-2H3;. The molecule has 8 heteroatoms. The molecule has 1 heterocycles. The van der Waals surface area contributed by atoms with Gasteiger partial charge >= 0.3 is 6.16 Å². The lowest BCUT2D eigenvalue weighted by molar-refractivity contribution is -0.169. The van der Waals surface area contributed by atoms with Crippen LogP contribution in [0.4, 0.5) is 12.6 Å². The van der Waals surface area contributed by atoms with E-state index in [9.17, 15) is 12.6 Å². The molecule has 1 unspecified atom stereocenters. The van der Waals surface area contributed by atoms with Crippen LogP contribution in [0.15, 0.2) is 0 Å². The third-order valence-corrected chi connectivity index (χ3v) is 1.80. The molecule has 96 valence electrons. The Labute approximate surface area is 97.6 Å². The maximum Gasteiger partial charge on any atom is 0.508 e. The molecule has 1 atom stereocenters. The van der Waals surface area contributed by atoms with Gasteiger partial charge in [-0.05, 0) is 0 Å². The van der Waals surface area contributed by atoms with E-state index in [0.29, 0.717) is 13.2 Å². The van der Waals surface area contributed by atoms with Gasteiger partial charge in [-0.2, -0.15) is 5.06 Å². The fourth-order valence-electron chi connectivity index (χ4n) is 1.04. The number of carbonyl (C=O) groups is 1. The van der Waals surface area contributed by atoms with Gasteiger partial charge in [-0.3, -0.25) is 4.84 Å². The molecule has 16 heavy (non-hydrogen) atoms. The zero-order valence-corrected chi connectivity index (χ0v) is 9.97. The molecule has 0 spiro atoms. The largest absolute Gasteiger partial charge is 0.508 e. The third-order valence-electron chi connectivity index (χ3n) is 1.80. The first kappa shape index (κ1) is 15.4. The topological polar surface area (TPSA) is 48.0 Å². The highest BCUT2D eigenvalue weighted by Crippen LogP contribution is 2.06. The van der Waals surface area contributed by atoms with E-state index >= 15 is 0 Å². The van der Waals surface area contributed by atoms with Crippen LogP contribution in [0.1, 0.15) is 13.8 Å². The van der Waals surface area contributed by atoms with E-state index < -0.39 is 18.7 Å². The van der Waals surface area contributed by atoms with Crippen molar-refractivity contribution in [2.24, 2.45) is 0 Å². The fraction of sp³-hybridized carbons (Fsp3) is 0.875. The second kappa shape index (κ2) is 9.61. The molecule has 0 aromatic rings. The van der Waals surface area contributed by atoms with Crippen LogP contribution in [0, 0.1) is 0 Å². The summed E-state index contributed by atoms with van der Waals surface area (Å²) in [6, 6.07) is 0. The van der Waals surface area contributed by atoms with Crippen LogP contribution in [0.2, 0.25) is 0 Å². The normalized spacial score (nSPS) is 18.8. The maximum absolute atomic E-state index is 10.5. The number of halogens is 2. The van der Waals surface area contributed by atoms with Crippen molar-refractivity contribution in [3.63, 3.8) is 0 Å². The summed E-state index contributed by atoms with van der Waals surface area (Å²) in [7, 11) is 0. The maximum atomic E-state index is 10.5. The molecular formula is C8H15F2NO4S. The number of rotatable bonds is 5. The number of ether oxygens (including phenoxy) is 2. The van der Waals surface area contributed by atoms with Crippen molar-refractivity contribution in [3.05, 3.63) is 0 Å². The van der Waals surface area contributed by atoms with Gasteiger partial charge in [-0.25, -0.2) is 4.79 Å². The average molecular weight is 259 g/mol. The molecule has 0 aliphatic carbocycles. The molecule has 1 aliphatic heterocycles. The van der Waals surface area contributed by atoms with Gasteiger partial charge in [0.25, 0.3) is 12.5 Å². The second-order valence-corrected chi connectivity index (χ2v) is 2.89. The molecule has 1 saturated heterocycles. The quantitative estimate of drug-likeness (QED) is 0.557. The van der Waals surface area contributed by atoms with Gasteiger partial charge in [0.2, 0.25) is 0 Å². The summed E-state index contributed by atoms with van der Waals surface area (Å²) in [5.74, 6) is 0. The lowest BCUT2D eigenvalue weighted by Gasteiger charge is -2.18. The van der Waals surface area contributed by atoms with Gasteiger partial charge in [0.1, 0.15) is 13.2 Å². The van der Waals surface area contributed by atoms with Crippen LogP contribution in [-0.2, 0) is 14.3 Å². The summed E-state index contributed by atoms with van der Waals surface area (Å²) in [6.07, 6.45) is -0.860. The van der Waals surface area contributed by atoms with Crippen LogP contribution < -0.4 is 0 Å². The first-order chi connectivity index (χ1) is 7.67. The average Bonchev–Trinajstić information content (AvgIpc) is 2.67. The minimum atomic E-state index is -1.25. The van der Waals surface area contributed by atoms with Crippen molar-refractivity contribution in [3.8, 4) is 0 Å². The Bertz CT molecular complexity index is 195. The van der Waals surface area contributed by atoms with E-state index in [2.05, 4.69) is 4.74 Å². The Morgan fingerprint density at radius 3 is 2.44 bits per heavy atom. The highest BCUT2D eigenvalue weighted by Gasteiger charge is 2.25. The molecule has 0 radical (unpaired) electrons. The number of carbonyl (C=O) groups excluding carboxylic acids is 1. The zero-order valence-electron chi connectivity index (χ0n) is 9.15. The second-order valence-electron chi connectivity index (χ2n) is 2.77. The Balaban J connectivity index is 0.000000673. The molecule has 0 aromatic carbocycles. The van der Waals surface area contributed by atoms with Crippen LogP contribution in [0.5, 0.6) is 0 Å². The summed E-state index contributed by atoms with van der Waals surface area (Å²) in [4.78, 5) is 15.9. The number of hydrogen-bond donors (Lipinski definition) is 0. The van der Waals surface area contributed by atoms with E-state index in [1.165, 1.54) is 0 Å². The number of nitrogens with zero attached hydrogens (tertiary/aromatic N) is 1. The van der Waals surface area contributed by atoms with Crippen molar-refractivity contribution in [2.45, 2.75) is 20.0 Å². The van der Waals surface area contributed by atoms with Crippen LogP contribution in [0.25, 0.3) is 0 Å². The Hall–Kier alpha value is -0.600. The van der Waals surface area contributed by atoms with Crippen LogP contribution in [0.3, 0.4) is 0 Å². The van der Waals surface area contributed by atoms with E-state index in [0.717, 1.165) is 13.1 Å². The van der Waals surface area contributed by atoms with Gasteiger partial charge in [0.05, 0.1) is 0 Å². The van der Waals surface area contributed by atoms with E-state index in [-0.39, 0.29) is 6.10 Å². The summed E-state index contributed by atoms with van der Waals surface area (Å²) < 4.78 is 28.5. The Kier molecular flexibility index (Phi) is 9.25. The third kappa shape index (κ3) is 6.81. The Morgan fingerprint density at radius 2 is 2.06 bits per heavy atom. The van der Waals surface area contributed by atoms with E-state index in [1.807, 2.05) is 13.8 Å². The lowest BCUT2D eigenvalue weighted by atomic mass is 10.4. The summed E-state index contributed by atoms with van der Waals surface area (Å²) >= 11 is -1.25. The van der Waals surface area contributed by atoms with Crippen molar-refractivity contribution in [2.75, 3.05) is 26.3 Å². The number of hydroxylamine groups is 2. The van der Waals surface area contributed by atoms with Gasteiger partial charge in [-0.1, -0.05) is 13.8 Å². The van der Waals surface area contributed by atoms with Gasteiger partial charge in [-0.15, -0.1) is 7.77 Å². The zero-order chi connectivity index (χ0) is 12.4. The minimum Gasteiger partial charge on any atom is -0.430 e. The lowest BCUT2D eigenvalue weighted by Crippen LogP contribution is -2.29. The molecular weight excluding hydrogens is 244 g/mol. The number of hydrogen-bond acceptors (Lipinski definition) is 6. The monoisotopic (exact) mass is 259 g/mol. The van der Waals surface area contributed by atoms with Crippen molar-refractivity contribution >= 4 is 18.7 Å². The van der Waals surface area contributed by atoms with Crippen molar-refractivity contribution < 1.29 is 26.9 Å². The van der Waals surface area contributed by atoms with Crippen molar-refractivity contribution in [1.82, 2.24) is 5.06 Å². The van der Waals surface area contributed by atoms with E-state index in [4.69, 9.17) is 9.57 Å². The minimum absolute atomic E-state index is 0.256. The fourth-order valence-corrected chi connectivity index (χ4v) is 1.04. The molecule has 0 saturated carbocycles. The molecule has 1 rings (SSSR count). The molecule has 1 fully saturated rings. The van der Waals surface area contributed by atoms with Crippen LogP contribution >= 0.6 is 12.5 Å². The Morgan fingerprint density at radius 1 is 1.50 bits per heavy atom. The molecule has 0 bridgehead atoms. The summed E-state index contributed by atoms with van der Waals surface area (Å²) in [5.41, 5.74) is 0. The van der Waals surface area contributed by atoms with Gasteiger partial charge in [0.15, 0.2) is 6.10 Å². The molecule has 5 nitrogen and oxygen atoms in total. The first-order valence-electron chi connectivity index (χ1n) is 4.78.